The van der Waals surface area contributed by atoms with Gasteiger partial charge in [0.2, 0.25) is 0 Å². The Balaban J connectivity index is 4.28. The van der Waals surface area contributed by atoms with Crippen LogP contribution in [0.3, 0.4) is 0 Å². The number of terminal acetylenes is 1. The predicted octanol–water partition coefficient (Wildman–Crippen LogP) is -1.34. The molecule has 0 unspecified atom stereocenters. The van der Waals surface area contributed by atoms with E-state index in [0.29, 0.717) is 0 Å². The maximum Gasteiger partial charge on any atom is 0.326 e. The Morgan fingerprint density at radius 3 is 2.23 bits per heavy atom. The maximum atomic E-state index is 10.5. The van der Waals surface area contributed by atoms with Crippen LogP contribution in [0, 0.1) is 12.3 Å². The Bertz CT molecular complexity index is 277. The van der Waals surface area contributed by atoms with Gasteiger partial charge in [-0.05, 0) is 5.92 Å². The van der Waals surface area contributed by atoms with Crippen LogP contribution in [0.1, 0.15) is 6.42 Å². The number of amides is 1. The quantitative estimate of drug-likeness (QED) is 0.470. The fourth-order valence-electron chi connectivity index (χ4n) is 0.575. The molecule has 0 saturated carbocycles. The van der Waals surface area contributed by atoms with Crippen molar-refractivity contribution in [1.82, 2.24) is 5.32 Å². The van der Waals surface area contributed by atoms with Gasteiger partial charge in [0, 0.05) is 0 Å². The summed E-state index contributed by atoms with van der Waals surface area (Å²) in [7, 11) is 0. The van der Waals surface area contributed by atoms with E-state index >= 15 is 0 Å². The molecule has 0 saturated heterocycles. The number of carboxylic acid groups (broad SMARTS) is 2. The van der Waals surface area contributed by atoms with Crippen LogP contribution in [0.15, 0.2) is 0 Å². The van der Waals surface area contributed by atoms with Gasteiger partial charge in [0.05, 0.1) is 6.42 Å². The number of aliphatic carboxylic acids is 2. The van der Waals surface area contributed by atoms with Crippen molar-refractivity contribution in [1.29, 1.82) is 0 Å². The first-order valence-electron chi connectivity index (χ1n) is 3.19. The average molecular weight is 185 g/mol. The summed E-state index contributed by atoms with van der Waals surface area (Å²) >= 11 is 0. The van der Waals surface area contributed by atoms with Gasteiger partial charge >= 0.3 is 11.9 Å². The number of hydrogen-bond acceptors (Lipinski definition) is 3. The van der Waals surface area contributed by atoms with Gasteiger partial charge in [0.1, 0.15) is 6.04 Å². The highest BCUT2D eigenvalue weighted by Gasteiger charge is 2.21. The molecular formula is C7H7NO5. The van der Waals surface area contributed by atoms with Crippen LogP contribution in [-0.2, 0) is 14.4 Å². The van der Waals surface area contributed by atoms with Crippen molar-refractivity contribution in [3.8, 4) is 12.3 Å². The minimum atomic E-state index is -1.49. The summed E-state index contributed by atoms with van der Waals surface area (Å²) in [6.07, 6.45) is 3.94. The Hall–Kier alpha value is -2.03. The van der Waals surface area contributed by atoms with Crippen molar-refractivity contribution >= 4 is 17.8 Å². The number of rotatable bonds is 4. The summed E-state index contributed by atoms with van der Waals surface area (Å²) in [4.78, 5) is 31.0. The monoisotopic (exact) mass is 185 g/mol. The lowest BCUT2D eigenvalue weighted by molar-refractivity contribution is -0.146. The molecule has 13 heavy (non-hydrogen) atoms. The zero-order valence-electron chi connectivity index (χ0n) is 6.48. The highest BCUT2D eigenvalue weighted by Crippen LogP contribution is 1.92. The normalized spacial score (nSPS) is 11.0. The Morgan fingerprint density at radius 1 is 1.38 bits per heavy atom. The second-order valence-corrected chi connectivity index (χ2v) is 2.11. The SMILES string of the molecule is C#CC(=O)N[C@@H](CC(=O)O)C(=O)O. The van der Waals surface area contributed by atoms with Gasteiger partial charge in [-0.15, -0.1) is 6.42 Å². The van der Waals surface area contributed by atoms with Crippen molar-refractivity contribution in [2.75, 3.05) is 0 Å². The number of carboxylic acids is 2. The molecule has 6 heteroatoms. The van der Waals surface area contributed by atoms with Gasteiger partial charge in [-0.1, -0.05) is 0 Å². The largest absolute Gasteiger partial charge is 0.481 e. The van der Waals surface area contributed by atoms with E-state index in [4.69, 9.17) is 10.2 Å². The topological polar surface area (TPSA) is 104 Å². The Morgan fingerprint density at radius 2 is 1.92 bits per heavy atom. The third kappa shape index (κ3) is 4.42. The van der Waals surface area contributed by atoms with Gasteiger partial charge < -0.3 is 15.5 Å². The smallest absolute Gasteiger partial charge is 0.326 e. The van der Waals surface area contributed by atoms with Crippen LogP contribution in [0.4, 0.5) is 0 Å². The summed E-state index contributed by atoms with van der Waals surface area (Å²) in [6.45, 7) is 0. The van der Waals surface area contributed by atoms with Crippen LogP contribution >= 0.6 is 0 Å². The van der Waals surface area contributed by atoms with Crippen molar-refractivity contribution in [2.24, 2.45) is 0 Å². The Kier molecular flexibility index (Phi) is 4.02. The molecule has 0 spiro atoms. The fourth-order valence-corrected chi connectivity index (χ4v) is 0.575. The van der Waals surface area contributed by atoms with Crippen LogP contribution in [-0.4, -0.2) is 34.1 Å². The molecule has 0 fully saturated rings. The second kappa shape index (κ2) is 4.77. The lowest BCUT2D eigenvalue weighted by Gasteiger charge is -2.08. The molecule has 3 N–H and O–H groups in total. The van der Waals surface area contributed by atoms with E-state index in [2.05, 4.69) is 6.42 Å². The molecule has 1 amide bonds. The lowest BCUT2D eigenvalue weighted by atomic mass is 10.2. The first-order chi connectivity index (χ1) is 5.97. The summed E-state index contributed by atoms with van der Waals surface area (Å²) in [6, 6.07) is -1.49. The van der Waals surface area contributed by atoms with E-state index in [1.54, 1.807) is 5.92 Å². The number of nitrogens with one attached hydrogen (secondary N) is 1. The summed E-state index contributed by atoms with van der Waals surface area (Å²) in [5.74, 6) is -2.10. The Labute approximate surface area is 73.6 Å². The molecule has 1 atom stereocenters. The molecule has 0 bridgehead atoms. The molecule has 0 aromatic carbocycles. The van der Waals surface area contributed by atoms with E-state index in [1.807, 2.05) is 5.32 Å². The zero-order valence-corrected chi connectivity index (χ0v) is 6.48. The highest BCUT2D eigenvalue weighted by molar-refractivity contribution is 5.96. The van der Waals surface area contributed by atoms with Crippen molar-refractivity contribution < 1.29 is 24.6 Å². The number of hydrogen-bond donors (Lipinski definition) is 3. The maximum absolute atomic E-state index is 10.5. The minimum Gasteiger partial charge on any atom is -0.481 e. The van der Waals surface area contributed by atoms with Crippen molar-refractivity contribution in [3.63, 3.8) is 0 Å². The van der Waals surface area contributed by atoms with E-state index < -0.39 is 30.3 Å². The number of carbonyl (C=O) groups is 3. The molecule has 70 valence electrons. The number of carbonyl (C=O) groups excluding carboxylic acids is 1. The molecule has 0 aromatic heterocycles. The molecule has 0 aliphatic heterocycles. The van der Waals surface area contributed by atoms with Gasteiger partial charge in [0.15, 0.2) is 0 Å². The van der Waals surface area contributed by atoms with Crippen molar-refractivity contribution in [3.05, 3.63) is 0 Å². The van der Waals surface area contributed by atoms with Crippen LogP contribution in [0.25, 0.3) is 0 Å². The molecular weight excluding hydrogens is 178 g/mol. The van der Waals surface area contributed by atoms with Crippen LogP contribution < -0.4 is 5.32 Å². The van der Waals surface area contributed by atoms with Gasteiger partial charge in [0.25, 0.3) is 5.91 Å². The van der Waals surface area contributed by atoms with Crippen LogP contribution in [0.2, 0.25) is 0 Å². The average Bonchev–Trinajstić information content (AvgIpc) is 2.02. The van der Waals surface area contributed by atoms with Crippen LogP contribution in [0.5, 0.6) is 0 Å². The molecule has 0 radical (unpaired) electrons. The molecule has 0 heterocycles. The zero-order chi connectivity index (χ0) is 10.4. The molecule has 0 aliphatic rings. The van der Waals surface area contributed by atoms with Gasteiger partial charge in [-0.2, -0.15) is 0 Å². The minimum absolute atomic E-state index is 0.706. The molecule has 0 rings (SSSR count). The second-order valence-electron chi connectivity index (χ2n) is 2.11. The molecule has 0 aromatic rings. The van der Waals surface area contributed by atoms with E-state index in [-0.39, 0.29) is 0 Å². The summed E-state index contributed by atoms with van der Waals surface area (Å²) in [5.41, 5.74) is 0. The van der Waals surface area contributed by atoms with E-state index in [9.17, 15) is 14.4 Å². The van der Waals surface area contributed by atoms with Crippen molar-refractivity contribution in [2.45, 2.75) is 12.5 Å². The lowest BCUT2D eigenvalue weighted by Crippen LogP contribution is -2.41. The first kappa shape index (κ1) is 11.0. The summed E-state index contributed by atoms with van der Waals surface area (Å²) < 4.78 is 0. The summed E-state index contributed by atoms with van der Waals surface area (Å²) in [5, 5.41) is 18.5. The fraction of sp³-hybridized carbons (Fsp3) is 0.286. The third-order valence-electron chi connectivity index (χ3n) is 1.11. The highest BCUT2D eigenvalue weighted by atomic mass is 16.4. The van der Waals surface area contributed by atoms with E-state index in [1.165, 1.54) is 0 Å². The van der Waals surface area contributed by atoms with E-state index in [0.717, 1.165) is 0 Å². The predicted molar refractivity (Wildman–Crippen MR) is 40.7 cm³/mol. The van der Waals surface area contributed by atoms with Gasteiger partial charge in [-0.25, -0.2) is 4.79 Å². The van der Waals surface area contributed by atoms with Gasteiger partial charge in [-0.3, -0.25) is 9.59 Å². The molecule has 0 aliphatic carbocycles. The standard InChI is InChI=1S/C7H7NO5/c1-2-5(9)8-4(7(12)13)3-6(10)11/h1,4H,3H2,(H,8,9)(H,10,11)(H,12,13)/t4-/m0/s1. The first-order valence-corrected chi connectivity index (χ1v) is 3.19. The third-order valence-corrected chi connectivity index (χ3v) is 1.11. The molecule has 6 nitrogen and oxygen atoms in total.